The summed E-state index contributed by atoms with van der Waals surface area (Å²) < 4.78 is 2.12. The second-order valence-electron chi connectivity index (χ2n) is 6.40. The average molecular weight is 333 g/mol. The van der Waals surface area contributed by atoms with Crippen molar-refractivity contribution in [1.29, 1.82) is 0 Å². The predicted molar refractivity (Wildman–Crippen MR) is 98.0 cm³/mol. The maximum absolute atomic E-state index is 11.9. The van der Waals surface area contributed by atoms with E-state index in [-0.39, 0.29) is 5.91 Å². The number of carbonyl (C=O) groups excluding carboxylic acids is 1. The Balaban J connectivity index is 1.52. The van der Waals surface area contributed by atoms with Crippen molar-refractivity contribution in [3.8, 4) is 0 Å². The Kier molecular flexibility index (Phi) is 8.21. The molecule has 0 aliphatic heterocycles. The molecule has 1 aromatic heterocycles. The smallest absolute Gasteiger partial charge is 0.220 e. The topological polar surface area (TPSA) is 70.4 Å². The van der Waals surface area contributed by atoms with Crippen LogP contribution in [0, 0.1) is 5.92 Å². The summed E-state index contributed by atoms with van der Waals surface area (Å²) >= 11 is 0. The number of nitrogens with zero attached hydrogens (tertiary/aromatic N) is 2. The van der Waals surface area contributed by atoms with Gasteiger partial charge in [0.15, 0.2) is 5.96 Å². The molecule has 0 aromatic carbocycles. The summed E-state index contributed by atoms with van der Waals surface area (Å²) in [6, 6.07) is 4.03. The minimum Gasteiger partial charge on any atom is -0.355 e. The predicted octanol–water partition coefficient (Wildman–Crippen LogP) is 1.74. The van der Waals surface area contributed by atoms with E-state index in [4.69, 9.17) is 0 Å². The molecule has 134 valence electrons. The number of carbonyl (C=O) groups is 1. The van der Waals surface area contributed by atoms with Gasteiger partial charge < -0.3 is 20.5 Å². The van der Waals surface area contributed by atoms with Crippen LogP contribution >= 0.6 is 0 Å². The van der Waals surface area contributed by atoms with Gasteiger partial charge in [-0.2, -0.15) is 0 Å². The lowest BCUT2D eigenvalue weighted by atomic mass is 9.87. The number of nitrogens with one attached hydrogen (secondary N) is 3. The van der Waals surface area contributed by atoms with Gasteiger partial charge in [0.1, 0.15) is 0 Å². The molecular formula is C18H31N5O. The zero-order valence-corrected chi connectivity index (χ0v) is 14.8. The molecule has 0 spiro atoms. The quantitative estimate of drug-likeness (QED) is 0.385. The van der Waals surface area contributed by atoms with Crippen LogP contribution < -0.4 is 16.0 Å². The molecule has 6 nitrogen and oxygen atoms in total. The number of aromatic nitrogens is 1. The fraction of sp³-hybridized carbons (Fsp3) is 0.667. The van der Waals surface area contributed by atoms with Crippen LogP contribution in [0.5, 0.6) is 0 Å². The highest BCUT2D eigenvalue weighted by Gasteiger charge is 2.16. The number of aliphatic imine (C=N–C) groups is 1. The van der Waals surface area contributed by atoms with Gasteiger partial charge in [-0.1, -0.05) is 19.3 Å². The van der Waals surface area contributed by atoms with Crippen molar-refractivity contribution in [2.24, 2.45) is 10.9 Å². The van der Waals surface area contributed by atoms with E-state index in [1.165, 1.54) is 32.1 Å². The molecule has 0 radical (unpaired) electrons. The molecule has 24 heavy (non-hydrogen) atoms. The highest BCUT2D eigenvalue weighted by atomic mass is 16.1. The van der Waals surface area contributed by atoms with Gasteiger partial charge in [-0.15, -0.1) is 0 Å². The molecule has 1 amide bonds. The Bertz CT molecular complexity index is 492. The van der Waals surface area contributed by atoms with E-state index in [0.29, 0.717) is 25.4 Å². The van der Waals surface area contributed by atoms with Crippen molar-refractivity contribution in [2.45, 2.75) is 45.1 Å². The molecule has 1 fully saturated rings. The first-order valence-corrected chi connectivity index (χ1v) is 9.10. The molecule has 1 saturated carbocycles. The zero-order valence-electron chi connectivity index (χ0n) is 14.8. The summed E-state index contributed by atoms with van der Waals surface area (Å²) in [6.45, 7) is 3.01. The summed E-state index contributed by atoms with van der Waals surface area (Å²) in [4.78, 5) is 16.1. The molecule has 3 N–H and O–H groups in total. The minimum absolute atomic E-state index is 0.180. The van der Waals surface area contributed by atoms with Crippen molar-refractivity contribution >= 4 is 11.9 Å². The van der Waals surface area contributed by atoms with Gasteiger partial charge in [0, 0.05) is 52.0 Å². The number of amides is 1. The first-order valence-electron chi connectivity index (χ1n) is 9.10. The lowest BCUT2D eigenvalue weighted by molar-refractivity contribution is -0.122. The molecule has 0 unspecified atom stereocenters. The number of guanidine groups is 1. The normalized spacial score (nSPS) is 16.0. The summed E-state index contributed by atoms with van der Waals surface area (Å²) in [7, 11) is 1.76. The van der Waals surface area contributed by atoms with Crippen LogP contribution in [-0.4, -0.2) is 43.1 Å². The van der Waals surface area contributed by atoms with Crippen LogP contribution in [0.15, 0.2) is 29.5 Å². The van der Waals surface area contributed by atoms with Gasteiger partial charge in [0.05, 0.1) is 0 Å². The molecule has 1 aliphatic carbocycles. The number of hydrogen-bond acceptors (Lipinski definition) is 2. The standard InChI is InChI=1S/C18H31N5O/c1-19-18(22-11-14-23-12-5-6-13-23)21-10-9-20-17(24)15-16-7-3-2-4-8-16/h5-6,12-13,16H,2-4,7-11,14-15H2,1H3,(H,20,24)(H2,19,21,22). The molecule has 0 atom stereocenters. The van der Waals surface area contributed by atoms with E-state index in [9.17, 15) is 4.79 Å². The molecule has 1 aliphatic rings. The lowest BCUT2D eigenvalue weighted by Crippen LogP contribution is -2.42. The lowest BCUT2D eigenvalue weighted by Gasteiger charge is -2.20. The fourth-order valence-corrected chi connectivity index (χ4v) is 3.15. The molecular weight excluding hydrogens is 302 g/mol. The summed E-state index contributed by atoms with van der Waals surface area (Å²) in [5.41, 5.74) is 0. The first-order chi connectivity index (χ1) is 11.8. The van der Waals surface area contributed by atoms with Gasteiger partial charge in [0.25, 0.3) is 0 Å². The minimum atomic E-state index is 0.180. The molecule has 1 heterocycles. The SMILES string of the molecule is CN=C(NCCNC(=O)CC1CCCCC1)NCCn1cccc1. The Morgan fingerprint density at radius 3 is 2.42 bits per heavy atom. The summed E-state index contributed by atoms with van der Waals surface area (Å²) in [5.74, 6) is 1.54. The largest absolute Gasteiger partial charge is 0.355 e. The maximum Gasteiger partial charge on any atom is 0.220 e. The average Bonchev–Trinajstić information content (AvgIpc) is 3.11. The molecule has 0 saturated heterocycles. The maximum atomic E-state index is 11.9. The summed E-state index contributed by atoms with van der Waals surface area (Å²) in [6.07, 6.45) is 11.1. The van der Waals surface area contributed by atoms with Crippen molar-refractivity contribution in [2.75, 3.05) is 26.7 Å². The van der Waals surface area contributed by atoms with Crippen molar-refractivity contribution < 1.29 is 4.79 Å². The third-order valence-electron chi connectivity index (χ3n) is 4.49. The number of rotatable bonds is 8. The van der Waals surface area contributed by atoms with Crippen molar-refractivity contribution in [1.82, 2.24) is 20.5 Å². The second kappa shape index (κ2) is 10.7. The fourth-order valence-electron chi connectivity index (χ4n) is 3.15. The van der Waals surface area contributed by atoms with Gasteiger partial charge >= 0.3 is 0 Å². The summed E-state index contributed by atoms with van der Waals surface area (Å²) in [5, 5.41) is 9.49. The van der Waals surface area contributed by atoms with Gasteiger partial charge in [-0.25, -0.2) is 0 Å². The van der Waals surface area contributed by atoms with E-state index < -0.39 is 0 Å². The van der Waals surface area contributed by atoms with Crippen LogP contribution in [-0.2, 0) is 11.3 Å². The zero-order chi connectivity index (χ0) is 17.0. The van der Waals surface area contributed by atoms with Crippen LogP contribution in [0.3, 0.4) is 0 Å². The molecule has 1 aromatic rings. The van der Waals surface area contributed by atoms with Gasteiger partial charge in [-0.3, -0.25) is 9.79 Å². The van der Waals surface area contributed by atoms with E-state index >= 15 is 0 Å². The van der Waals surface area contributed by atoms with Gasteiger partial charge in [-0.05, 0) is 30.9 Å². The Morgan fingerprint density at radius 1 is 1.04 bits per heavy atom. The van der Waals surface area contributed by atoms with Crippen LogP contribution in [0.25, 0.3) is 0 Å². The molecule has 2 rings (SSSR count). The second-order valence-corrected chi connectivity index (χ2v) is 6.40. The van der Waals surface area contributed by atoms with Crippen molar-refractivity contribution in [3.05, 3.63) is 24.5 Å². The third kappa shape index (κ3) is 7.06. The monoisotopic (exact) mass is 333 g/mol. The van der Waals surface area contributed by atoms with Crippen LogP contribution in [0.1, 0.15) is 38.5 Å². The Morgan fingerprint density at radius 2 is 1.71 bits per heavy atom. The van der Waals surface area contributed by atoms with Crippen LogP contribution in [0.2, 0.25) is 0 Å². The number of hydrogen-bond donors (Lipinski definition) is 3. The Hall–Kier alpha value is -1.98. The van der Waals surface area contributed by atoms with E-state index in [1.54, 1.807) is 7.05 Å². The van der Waals surface area contributed by atoms with E-state index in [1.807, 2.05) is 24.5 Å². The molecule has 0 bridgehead atoms. The molecule has 6 heteroatoms. The van der Waals surface area contributed by atoms with E-state index in [2.05, 4.69) is 25.5 Å². The van der Waals surface area contributed by atoms with Crippen LogP contribution in [0.4, 0.5) is 0 Å². The highest BCUT2D eigenvalue weighted by molar-refractivity contribution is 5.79. The Labute approximate surface area is 145 Å². The highest BCUT2D eigenvalue weighted by Crippen LogP contribution is 2.25. The third-order valence-corrected chi connectivity index (χ3v) is 4.49. The first kappa shape index (κ1) is 18.4. The van der Waals surface area contributed by atoms with Gasteiger partial charge in [0.2, 0.25) is 5.91 Å². The van der Waals surface area contributed by atoms with E-state index in [0.717, 1.165) is 19.0 Å². The van der Waals surface area contributed by atoms with Crippen molar-refractivity contribution in [3.63, 3.8) is 0 Å².